The van der Waals surface area contributed by atoms with Gasteiger partial charge in [-0.2, -0.15) is 0 Å². The Morgan fingerprint density at radius 2 is 1.71 bits per heavy atom. The lowest BCUT2D eigenvalue weighted by atomic mass is 10.2. The van der Waals surface area contributed by atoms with Gasteiger partial charge in [0.25, 0.3) is 0 Å². The highest BCUT2D eigenvalue weighted by molar-refractivity contribution is 7.99. The van der Waals surface area contributed by atoms with Gasteiger partial charge in [-0.15, -0.1) is 11.8 Å². The Labute approximate surface area is 176 Å². The molecule has 4 nitrogen and oxygen atoms in total. The predicted molar refractivity (Wildman–Crippen MR) is 117 cm³/mol. The van der Waals surface area contributed by atoms with E-state index in [1.54, 1.807) is 0 Å². The first kappa shape index (κ1) is 19.7. The molecule has 2 aliphatic rings. The number of rotatable bonds is 7. The lowest BCUT2D eigenvalue weighted by Crippen LogP contribution is -2.46. The van der Waals surface area contributed by atoms with Crippen LogP contribution >= 0.6 is 23.4 Å². The van der Waals surface area contributed by atoms with Crippen LogP contribution in [0.1, 0.15) is 12.8 Å². The zero-order valence-electron chi connectivity index (χ0n) is 16.1. The van der Waals surface area contributed by atoms with Crippen molar-refractivity contribution in [2.75, 3.05) is 56.6 Å². The summed E-state index contributed by atoms with van der Waals surface area (Å²) >= 11 is 8.08. The maximum Gasteiger partial charge on any atom is 0.184 e. The molecule has 0 aromatic heterocycles. The lowest BCUT2D eigenvalue weighted by Gasteiger charge is -2.37. The van der Waals surface area contributed by atoms with E-state index < -0.39 is 0 Å². The highest BCUT2D eigenvalue weighted by Crippen LogP contribution is 2.39. The third-order valence-corrected chi connectivity index (χ3v) is 6.82. The second kappa shape index (κ2) is 9.77. The maximum absolute atomic E-state index is 6.22. The van der Waals surface area contributed by atoms with Gasteiger partial charge in [-0.3, -0.25) is 4.90 Å². The number of hydrogen-bond donors (Lipinski definition) is 0. The fourth-order valence-corrected chi connectivity index (χ4v) is 4.95. The van der Waals surface area contributed by atoms with Gasteiger partial charge < -0.3 is 14.4 Å². The molecule has 0 unspecified atom stereocenters. The zero-order valence-corrected chi connectivity index (χ0v) is 17.7. The van der Waals surface area contributed by atoms with Crippen LogP contribution in [0.3, 0.4) is 0 Å². The summed E-state index contributed by atoms with van der Waals surface area (Å²) in [4.78, 5) is 6.19. The van der Waals surface area contributed by atoms with Gasteiger partial charge in [0.05, 0.1) is 10.7 Å². The van der Waals surface area contributed by atoms with E-state index in [4.69, 9.17) is 21.1 Å². The van der Waals surface area contributed by atoms with Gasteiger partial charge in [-0.1, -0.05) is 29.8 Å². The molecule has 0 bridgehead atoms. The number of hydrogen-bond acceptors (Lipinski definition) is 5. The second-order valence-electron chi connectivity index (χ2n) is 7.12. The smallest absolute Gasteiger partial charge is 0.184 e. The van der Waals surface area contributed by atoms with Gasteiger partial charge in [0.1, 0.15) is 13.2 Å². The average molecular weight is 419 g/mol. The second-order valence-corrected chi connectivity index (χ2v) is 8.66. The number of thioether (sulfide) groups is 1. The van der Waals surface area contributed by atoms with Crippen molar-refractivity contribution in [3.8, 4) is 11.5 Å². The molecule has 0 N–H and O–H groups in total. The Balaban J connectivity index is 1.19. The minimum atomic E-state index is 0.635. The van der Waals surface area contributed by atoms with Crippen molar-refractivity contribution in [2.45, 2.75) is 17.7 Å². The van der Waals surface area contributed by atoms with Crippen LogP contribution in [-0.4, -0.2) is 56.6 Å². The first-order valence-electron chi connectivity index (χ1n) is 10.0. The quantitative estimate of drug-likeness (QED) is 0.474. The molecule has 0 atom stereocenters. The summed E-state index contributed by atoms with van der Waals surface area (Å²) in [7, 11) is 0. The number of benzene rings is 2. The molecule has 0 spiro atoms. The van der Waals surface area contributed by atoms with E-state index in [2.05, 4.69) is 34.1 Å². The first-order chi connectivity index (χ1) is 13.8. The molecule has 2 heterocycles. The molecule has 0 amide bonds. The topological polar surface area (TPSA) is 24.9 Å². The van der Waals surface area contributed by atoms with Crippen molar-refractivity contribution in [1.82, 2.24) is 4.90 Å². The van der Waals surface area contributed by atoms with E-state index in [9.17, 15) is 0 Å². The van der Waals surface area contributed by atoms with Crippen molar-refractivity contribution in [3.05, 3.63) is 47.5 Å². The SMILES string of the molecule is Clc1ccccc1SCCCCN1CCN(c2cccc3c2OCCO3)CC1. The van der Waals surface area contributed by atoms with E-state index in [0.717, 1.165) is 48.5 Å². The Kier molecular flexibility index (Phi) is 6.89. The number of halogens is 1. The summed E-state index contributed by atoms with van der Waals surface area (Å²) in [6.45, 7) is 6.71. The van der Waals surface area contributed by atoms with Gasteiger partial charge in [0.15, 0.2) is 11.5 Å². The minimum absolute atomic E-state index is 0.635. The Morgan fingerprint density at radius 3 is 2.57 bits per heavy atom. The fourth-order valence-electron chi connectivity index (χ4n) is 3.70. The number of nitrogens with zero attached hydrogens (tertiary/aromatic N) is 2. The summed E-state index contributed by atoms with van der Waals surface area (Å²) in [5, 5.41) is 0.862. The van der Waals surface area contributed by atoms with Crippen LogP contribution in [0.25, 0.3) is 0 Å². The molecule has 2 aliphatic heterocycles. The predicted octanol–water partition coefficient (Wildman–Crippen LogP) is 4.81. The molecule has 0 aliphatic carbocycles. The summed E-state index contributed by atoms with van der Waals surface area (Å²) < 4.78 is 11.6. The Hall–Kier alpha value is -1.56. The van der Waals surface area contributed by atoms with Crippen LogP contribution in [0.5, 0.6) is 11.5 Å². The van der Waals surface area contributed by atoms with Gasteiger partial charge >= 0.3 is 0 Å². The number of unbranched alkanes of at least 4 members (excludes halogenated alkanes) is 1. The van der Waals surface area contributed by atoms with E-state index in [1.807, 2.05) is 30.0 Å². The maximum atomic E-state index is 6.22. The molecule has 0 radical (unpaired) electrons. The van der Waals surface area contributed by atoms with Crippen molar-refractivity contribution in [2.24, 2.45) is 0 Å². The first-order valence-corrected chi connectivity index (χ1v) is 11.4. The van der Waals surface area contributed by atoms with E-state index in [1.165, 1.54) is 30.0 Å². The number of fused-ring (bicyclic) bond motifs is 1. The minimum Gasteiger partial charge on any atom is -0.486 e. The number of para-hydroxylation sites is 1. The number of ether oxygens (including phenoxy) is 2. The van der Waals surface area contributed by atoms with Crippen LogP contribution in [0, 0.1) is 0 Å². The number of piperazine rings is 1. The molecule has 4 rings (SSSR count). The van der Waals surface area contributed by atoms with Crippen LogP contribution < -0.4 is 14.4 Å². The third kappa shape index (κ3) is 4.88. The van der Waals surface area contributed by atoms with Crippen molar-refractivity contribution < 1.29 is 9.47 Å². The monoisotopic (exact) mass is 418 g/mol. The molecular formula is C22H27ClN2O2S. The van der Waals surface area contributed by atoms with E-state index in [0.29, 0.717) is 13.2 Å². The normalized spacial score (nSPS) is 17.0. The molecule has 2 aromatic carbocycles. The van der Waals surface area contributed by atoms with Crippen LogP contribution in [-0.2, 0) is 0 Å². The van der Waals surface area contributed by atoms with E-state index >= 15 is 0 Å². The highest BCUT2D eigenvalue weighted by atomic mass is 35.5. The van der Waals surface area contributed by atoms with Gasteiger partial charge in [-0.25, -0.2) is 0 Å². The van der Waals surface area contributed by atoms with Gasteiger partial charge in [-0.05, 0) is 49.4 Å². The summed E-state index contributed by atoms with van der Waals surface area (Å²) in [6, 6.07) is 14.3. The molecule has 150 valence electrons. The largest absolute Gasteiger partial charge is 0.486 e. The highest BCUT2D eigenvalue weighted by Gasteiger charge is 2.23. The number of anilines is 1. The molecular weight excluding hydrogens is 392 g/mol. The zero-order chi connectivity index (χ0) is 19.2. The molecule has 28 heavy (non-hydrogen) atoms. The van der Waals surface area contributed by atoms with Crippen molar-refractivity contribution in [3.63, 3.8) is 0 Å². The molecule has 2 aromatic rings. The molecule has 1 fully saturated rings. The fraction of sp³-hybridized carbons (Fsp3) is 0.455. The third-order valence-electron chi connectivity index (χ3n) is 5.22. The molecule has 1 saturated heterocycles. The van der Waals surface area contributed by atoms with E-state index in [-0.39, 0.29) is 0 Å². The Morgan fingerprint density at radius 1 is 0.893 bits per heavy atom. The van der Waals surface area contributed by atoms with Gasteiger partial charge in [0.2, 0.25) is 0 Å². The van der Waals surface area contributed by atoms with Crippen LogP contribution in [0.15, 0.2) is 47.4 Å². The average Bonchev–Trinajstić information content (AvgIpc) is 2.75. The van der Waals surface area contributed by atoms with Crippen LogP contribution in [0.4, 0.5) is 5.69 Å². The summed E-state index contributed by atoms with van der Waals surface area (Å²) in [6.07, 6.45) is 2.45. The Bertz CT molecular complexity index is 781. The lowest BCUT2D eigenvalue weighted by molar-refractivity contribution is 0.171. The van der Waals surface area contributed by atoms with Gasteiger partial charge in [0, 0.05) is 31.1 Å². The summed E-state index contributed by atoms with van der Waals surface area (Å²) in [5.74, 6) is 2.91. The standard InChI is InChI=1S/C22H27ClN2O2S/c23-18-6-1-2-9-21(18)28-17-4-3-10-24-11-13-25(14-12-24)19-7-5-8-20-22(19)27-16-15-26-20/h1-2,5-9H,3-4,10-17H2. The summed E-state index contributed by atoms with van der Waals surface area (Å²) in [5.41, 5.74) is 1.17. The molecule has 0 saturated carbocycles. The van der Waals surface area contributed by atoms with Crippen LogP contribution in [0.2, 0.25) is 5.02 Å². The molecule has 6 heteroatoms. The van der Waals surface area contributed by atoms with Crippen molar-refractivity contribution >= 4 is 29.1 Å². The van der Waals surface area contributed by atoms with Crippen molar-refractivity contribution in [1.29, 1.82) is 0 Å².